The van der Waals surface area contributed by atoms with Crippen molar-refractivity contribution in [3.05, 3.63) is 35.7 Å². The van der Waals surface area contributed by atoms with Gasteiger partial charge < -0.3 is 5.73 Å². The van der Waals surface area contributed by atoms with Crippen LogP contribution in [0, 0.1) is 17.5 Å². The summed E-state index contributed by atoms with van der Waals surface area (Å²) in [7, 11) is 0. The van der Waals surface area contributed by atoms with Crippen LogP contribution in [0.25, 0.3) is 5.69 Å². The fourth-order valence-corrected chi connectivity index (χ4v) is 1.74. The SMILES string of the molecule is CSc1cc(N)n(-c2cc(F)c(F)cc2F)n1. The van der Waals surface area contributed by atoms with Gasteiger partial charge in [-0.3, -0.25) is 0 Å². The summed E-state index contributed by atoms with van der Waals surface area (Å²) in [6, 6.07) is 2.70. The molecule has 90 valence electrons. The first kappa shape index (κ1) is 11.8. The summed E-state index contributed by atoms with van der Waals surface area (Å²) >= 11 is 1.31. The molecule has 7 heteroatoms. The van der Waals surface area contributed by atoms with Gasteiger partial charge in [0.05, 0.1) is 0 Å². The van der Waals surface area contributed by atoms with Crippen LogP contribution in [0.5, 0.6) is 0 Å². The second-order valence-electron chi connectivity index (χ2n) is 3.24. The van der Waals surface area contributed by atoms with Gasteiger partial charge in [-0.1, -0.05) is 0 Å². The molecule has 0 radical (unpaired) electrons. The number of rotatable bonds is 2. The van der Waals surface area contributed by atoms with Crippen LogP contribution in [0.15, 0.2) is 23.2 Å². The van der Waals surface area contributed by atoms with Gasteiger partial charge in [0.2, 0.25) is 0 Å². The number of nitrogens with zero attached hydrogens (tertiary/aromatic N) is 2. The Kier molecular flexibility index (Phi) is 3.01. The van der Waals surface area contributed by atoms with Gasteiger partial charge in [-0.05, 0) is 6.26 Å². The lowest BCUT2D eigenvalue weighted by molar-refractivity contribution is 0.491. The van der Waals surface area contributed by atoms with E-state index in [1.165, 1.54) is 17.8 Å². The zero-order valence-electron chi connectivity index (χ0n) is 8.75. The molecule has 0 aliphatic carbocycles. The molecule has 0 atom stereocenters. The number of nitrogens with two attached hydrogens (primary N) is 1. The van der Waals surface area contributed by atoms with Crippen LogP contribution in [0.3, 0.4) is 0 Å². The lowest BCUT2D eigenvalue weighted by Crippen LogP contribution is -2.05. The average molecular weight is 259 g/mol. The number of thioether (sulfide) groups is 1. The molecule has 0 aliphatic heterocycles. The zero-order chi connectivity index (χ0) is 12.6. The molecule has 1 aromatic carbocycles. The summed E-state index contributed by atoms with van der Waals surface area (Å²) < 4.78 is 40.3. The van der Waals surface area contributed by atoms with E-state index in [0.717, 1.165) is 10.7 Å². The van der Waals surface area contributed by atoms with E-state index in [4.69, 9.17) is 5.73 Å². The van der Waals surface area contributed by atoms with Crippen LogP contribution >= 0.6 is 11.8 Å². The van der Waals surface area contributed by atoms with Crippen LogP contribution in [-0.4, -0.2) is 16.0 Å². The number of halogens is 3. The van der Waals surface area contributed by atoms with Gasteiger partial charge in [0.15, 0.2) is 17.5 Å². The average Bonchev–Trinajstić information content (AvgIpc) is 2.65. The van der Waals surface area contributed by atoms with E-state index in [0.29, 0.717) is 11.1 Å². The van der Waals surface area contributed by atoms with Crippen molar-refractivity contribution in [1.82, 2.24) is 9.78 Å². The fraction of sp³-hybridized carbons (Fsp3) is 0.100. The smallest absolute Gasteiger partial charge is 0.161 e. The van der Waals surface area contributed by atoms with Gasteiger partial charge in [0.1, 0.15) is 16.5 Å². The highest BCUT2D eigenvalue weighted by Crippen LogP contribution is 2.23. The summed E-state index contributed by atoms with van der Waals surface area (Å²) in [4.78, 5) is 0. The van der Waals surface area contributed by atoms with Gasteiger partial charge in [-0.25, -0.2) is 17.9 Å². The maximum atomic E-state index is 13.5. The van der Waals surface area contributed by atoms with E-state index in [-0.39, 0.29) is 11.5 Å². The number of benzene rings is 1. The molecule has 0 bridgehead atoms. The van der Waals surface area contributed by atoms with Gasteiger partial charge in [0.25, 0.3) is 0 Å². The Morgan fingerprint density at radius 3 is 2.35 bits per heavy atom. The van der Waals surface area contributed by atoms with Crippen molar-refractivity contribution >= 4 is 17.6 Å². The second-order valence-corrected chi connectivity index (χ2v) is 4.07. The van der Waals surface area contributed by atoms with E-state index in [9.17, 15) is 13.2 Å². The Hall–Kier alpha value is -1.63. The molecule has 1 heterocycles. The van der Waals surface area contributed by atoms with Crippen molar-refractivity contribution in [1.29, 1.82) is 0 Å². The maximum absolute atomic E-state index is 13.5. The normalized spacial score (nSPS) is 10.8. The molecule has 0 fully saturated rings. The molecule has 2 N–H and O–H groups in total. The molecule has 0 aliphatic rings. The lowest BCUT2D eigenvalue weighted by atomic mass is 10.3. The monoisotopic (exact) mass is 259 g/mol. The quantitative estimate of drug-likeness (QED) is 0.666. The third-order valence-corrected chi connectivity index (χ3v) is 2.76. The van der Waals surface area contributed by atoms with E-state index in [2.05, 4.69) is 5.10 Å². The highest BCUT2D eigenvalue weighted by atomic mass is 32.2. The topological polar surface area (TPSA) is 43.8 Å². The third-order valence-electron chi connectivity index (χ3n) is 2.14. The maximum Gasteiger partial charge on any atom is 0.161 e. The molecule has 0 spiro atoms. The molecule has 0 unspecified atom stereocenters. The highest BCUT2D eigenvalue weighted by molar-refractivity contribution is 7.98. The summed E-state index contributed by atoms with van der Waals surface area (Å²) in [6.07, 6.45) is 1.77. The Balaban J connectivity index is 2.59. The first-order chi connectivity index (χ1) is 8.02. The van der Waals surface area contributed by atoms with Crippen LogP contribution in [0.4, 0.5) is 19.0 Å². The molecule has 1 aromatic heterocycles. The van der Waals surface area contributed by atoms with Crippen molar-refractivity contribution in [3.8, 4) is 5.69 Å². The minimum atomic E-state index is -1.25. The zero-order valence-corrected chi connectivity index (χ0v) is 9.56. The first-order valence-corrected chi connectivity index (χ1v) is 5.80. The predicted molar refractivity (Wildman–Crippen MR) is 59.6 cm³/mol. The number of aromatic nitrogens is 2. The molecule has 0 saturated heterocycles. The van der Waals surface area contributed by atoms with E-state index < -0.39 is 17.5 Å². The van der Waals surface area contributed by atoms with Crippen molar-refractivity contribution in [2.24, 2.45) is 0 Å². The highest BCUT2D eigenvalue weighted by Gasteiger charge is 2.14. The lowest BCUT2D eigenvalue weighted by Gasteiger charge is -2.05. The largest absolute Gasteiger partial charge is 0.384 e. The molecular weight excluding hydrogens is 251 g/mol. The molecule has 0 amide bonds. The molecular formula is C10H8F3N3S. The van der Waals surface area contributed by atoms with Crippen LogP contribution in [0.1, 0.15) is 0 Å². The Labute approximate surface area is 99.4 Å². The Morgan fingerprint density at radius 2 is 1.76 bits per heavy atom. The van der Waals surface area contributed by atoms with E-state index in [1.54, 1.807) is 6.26 Å². The molecule has 0 saturated carbocycles. The Bertz CT molecular complexity index is 568. The molecule has 2 rings (SSSR count). The molecule has 3 nitrogen and oxygen atoms in total. The van der Waals surface area contributed by atoms with Gasteiger partial charge >= 0.3 is 0 Å². The van der Waals surface area contributed by atoms with E-state index >= 15 is 0 Å². The van der Waals surface area contributed by atoms with Crippen molar-refractivity contribution in [2.75, 3.05) is 12.0 Å². The standard InChI is InChI=1S/C10H8F3N3S/c1-17-10-4-9(14)16(15-10)8-3-6(12)5(11)2-7(8)13/h2-4H,14H2,1H3. The summed E-state index contributed by atoms with van der Waals surface area (Å²) in [5, 5.41) is 4.52. The van der Waals surface area contributed by atoms with Gasteiger partial charge in [-0.2, -0.15) is 5.10 Å². The van der Waals surface area contributed by atoms with Crippen molar-refractivity contribution < 1.29 is 13.2 Å². The van der Waals surface area contributed by atoms with Gasteiger partial charge in [0, 0.05) is 18.2 Å². The van der Waals surface area contributed by atoms with E-state index in [1.807, 2.05) is 0 Å². The number of hydrogen-bond acceptors (Lipinski definition) is 3. The van der Waals surface area contributed by atoms with Crippen molar-refractivity contribution in [2.45, 2.75) is 5.03 Å². The predicted octanol–water partition coefficient (Wildman–Crippen LogP) is 2.59. The number of hydrogen-bond donors (Lipinski definition) is 1. The minimum Gasteiger partial charge on any atom is -0.384 e. The first-order valence-electron chi connectivity index (χ1n) is 4.57. The number of nitrogen functional groups attached to an aromatic ring is 1. The third kappa shape index (κ3) is 2.10. The second kappa shape index (κ2) is 4.33. The van der Waals surface area contributed by atoms with Crippen LogP contribution in [0.2, 0.25) is 0 Å². The van der Waals surface area contributed by atoms with Crippen LogP contribution < -0.4 is 5.73 Å². The molecule has 2 aromatic rings. The summed E-state index contributed by atoms with van der Waals surface area (Å²) in [5.41, 5.74) is 5.39. The summed E-state index contributed by atoms with van der Waals surface area (Å²) in [5.74, 6) is -3.17. The minimum absolute atomic E-state index is 0.152. The molecule has 17 heavy (non-hydrogen) atoms. The van der Waals surface area contributed by atoms with Crippen LogP contribution in [-0.2, 0) is 0 Å². The van der Waals surface area contributed by atoms with Crippen molar-refractivity contribution in [3.63, 3.8) is 0 Å². The Morgan fingerprint density at radius 1 is 1.12 bits per heavy atom. The fourth-order valence-electron chi connectivity index (χ4n) is 1.34. The van der Waals surface area contributed by atoms with Gasteiger partial charge in [-0.15, -0.1) is 11.8 Å². The number of anilines is 1. The summed E-state index contributed by atoms with van der Waals surface area (Å²) in [6.45, 7) is 0.